The lowest BCUT2D eigenvalue weighted by Crippen LogP contribution is -2.42. The Bertz CT molecular complexity index is 1010. The van der Waals surface area contributed by atoms with Gasteiger partial charge in [0.15, 0.2) is 0 Å². The number of carbonyl (C=O) groups is 1. The highest BCUT2D eigenvalue weighted by Gasteiger charge is 2.31. The average molecular weight is 484 g/mol. The molecule has 180 valence electrons. The first-order valence-corrected chi connectivity index (χ1v) is 12.0. The van der Waals surface area contributed by atoms with Crippen LogP contribution in [-0.2, 0) is 21.8 Å². The highest BCUT2D eigenvalue weighted by Crippen LogP contribution is 2.30. The fourth-order valence-electron chi connectivity index (χ4n) is 3.81. The van der Waals surface area contributed by atoms with Gasteiger partial charge in [-0.25, -0.2) is 4.98 Å². The van der Waals surface area contributed by atoms with Gasteiger partial charge in [0.25, 0.3) is 0 Å². The van der Waals surface area contributed by atoms with E-state index < -0.39 is 28.4 Å². The summed E-state index contributed by atoms with van der Waals surface area (Å²) in [7, 11) is 2.00. The number of carbonyl (C=O) groups excluding carboxylic acids is 1. The smallest absolute Gasteiger partial charge is 0.362 e. The zero-order valence-electron chi connectivity index (χ0n) is 18.8. The molecular weight excluding hydrogens is 455 g/mol. The van der Waals surface area contributed by atoms with Crippen LogP contribution in [0.15, 0.2) is 35.4 Å². The van der Waals surface area contributed by atoms with Crippen LogP contribution in [-0.4, -0.2) is 52.0 Å². The minimum atomic E-state index is -4.52. The summed E-state index contributed by atoms with van der Waals surface area (Å²) >= 11 is 0. The van der Waals surface area contributed by atoms with Crippen molar-refractivity contribution in [2.24, 2.45) is 0 Å². The summed E-state index contributed by atoms with van der Waals surface area (Å²) < 4.78 is 50.9. The van der Waals surface area contributed by atoms with E-state index in [4.69, 9.17) is 0 Å². The van der Waals surface area contributed by atoms with Crippen molar-refractivity contribution in [3.8, 4) is 0 Å². The van der Waals surface area contributed by atoms with E-state index in [1.165, 1.54) is 12.1 Å². The third kappa shape index (κ3) is 6.89. The molecule has 1 atom stereocenters. The quantitative estimate of drug-likeness (QED) is 0.627. The van der Waals surface area contributed by atoms with Gasteiger partial charge in [0.1, 0.15) is 11.6 Å². The van der Waals surface area contributed by atoms with Crippen LogP contribution in [0, 0.1) is 6.92 Å². The molecule has 0 bridgehead atoms. The standard InChI is InChI=1S/C22H28F3N5O2S/c1-14-12-26-21(29-20(14)30(2)3)28-17-9-7-16(8-10-17)27-19(31)13-33(32)18-6-4-5-15(11-18)22(23,24)25/h4-6,11-12,16-17H,7-10,13H2,1-3H3,(H,27,31)(H,26,28,29). The summed E-state index contributed by atoms with van der Waals surface area (Å²) in [4.78, 5) is 23.1. The van der Waals surface area contributed by atoms with Crippen LogP contribution in [0.2, 0.25) is 0 Å². The second kappa shape index (κ2) is 10.5. The summed E-state index contributed by atoms with van der Waals surface area (Å²) in [5.74, 6) is 0.611. The van der Waals surface area contributed by atoms with Gasteiger partial charge in [-0.1, -0.05) is 6.07 Å². The molecule has 2 N–H and O–H groups in total. The number of aromatic nitrogens is 2. The fraction of sp³-hybridized carbons (Fsp3) is 0.500. The molecule has 0 saturated heterocycles. The summed E-state index contributed by atoms with van der Waals surface area (Å²) in [5.41, 5.74) is 0.106. The van der Waals surface area contributed by atoms with Gasteiger partial charge in [-0.15, -0.1) is 0 Å². The summed E-state index contributed by atoms with van der Waals surface area (Å²) in [6.45, 7) is 1.95. The van der Waals surface area contributed by atoms with Gasteiger partial charge in [-0.2, -0.15) is 18.2 Å². The molecule has 0 spiro atoms. The molecule has 0 aliphatic heterocycles. The van der Waals surface area contributed by atoms with E-state index in [-0.39, 0.29) is 22.7 Å². The Morgan fingerprint density at radius 2 is 1.85 bits per heavy atom. The van der Waals surface area contributed by atoms with Crippen LogP contribution in [0.3, 0.4) is 0 Å². The van der Waals surface area contributed by atoms with Gasteiger partial charge in [0.05, 0.1) is 16.4 Å². The minimum Gasteiger partial charge on any atom is -0.362 e. The van der Waals surface area contributed by atoms with Gasteiger partial charge in [0, 0.05) is 42.8 Å². The Hall–Kier alpha value is -2.69. The number of aryl methyl sites for hydroxylation is 1. The van der Waals surface area contributed by atoms with Crippen molar-refractivity contribution in [2.45, 2.75) is 55.8 Å². The van der Waals surface area contributed by atoms with Crippen molar-refractivity contribution in [3.63, 3.8) is 0 Å². The maximum atomic E-state index is 12.9. The van der Waals surface area contributed by atoms with Crippen LogP contribution in [0.25, 0.3) is 0 Å². The molecule has 33 heavy (non-hydrogen) atoms. The number of hydrogen-bond acceptors (Lipinski definition) is 6. The molecule has 1 unspecified atom stereocenters. The molecule has 11 heteroatoms. The monoisotopic (exact) mass is 483 g/mol. The van der Waals surface area contributed by atoms with Crippen LogP contribution in [0.5, 0.6) is 0 Å². The first kappa shape index (κ1) is 24.9. The van der Waals surface area contributed by atoms with Crippen molar-refractivity contribution in [1.29, 1.82) is 0 Å². The minimum absolute atomic E-state index is 0.0110. The number of hydrogen-bond donors (Lipinski definition) is 2. The normalized spacial score (nSPS) is 19.6. The average Bonchev–Trinajstić information content (AvgIpc) is 2.75. The Morgan fingerprint density at radius 1 is 1.18 bits per heavy atom. The third-order valence-electron chi connectivity index (χ3n) is 5.48. The number of alkyl halides is 3. The molecular formula is C22H28F3N5O2S. The molecule has 2 aromatic rings. The van der Waals surface area contributed by atoms with Crippen molar-refractivity contribution in [3.05, 3.63) is 41.6 Å². The van der Waals surface area contributed by atoms with Gasteiger partial charge >= 0.3 is 6.18 Å². The number of anilines is 2. The lowest BCUT2D eigenvalue weighted by atomic mass is 9.91. The lowest BCUT2D eigenvalue weighted by molar-refractivity contribution is -0.137. The van der Waals surface area contributed by atoms with Crippen LogP contribution < -0.4 is 15.5 Å². The van der Waals surface area contributed by atoms with Gasteiger partial charge < -0.3 is 15.5 Å². The maximum Gasteiger partial charge on any atom is 0.416 e. The fourth-order valence-corrected chi connectivity index (χ4v) is 4.78. The maximum absolute atomic E-state index is 12.9. The number of halogens is 3. The number of amides is 1. The Kier molecular flexibility index (Phi) is 7.93. The lowest BCUT2D eigenvalue weighted by Gasteiger charge is -2.30. The SMILES string of the molecule is Cc1cnc(NC2CCC(NC(=O)CS(=O)c3cccc(C(F)(F)F)c3)CC2)nc1N(C)C. The van der Waals surface area contributed by atoms with Crippen molar-refractivity contribution in [1.82, 2.24) is 15.3 Å². The molecule has 1 aromatic carbocycles. The van der Waals surface area contributed by atoms with E-state index in [1.54, 1.807) is 6.20 Å². The molecule has 1 aliphatic rings. The third-order valence-corrected chi connectivity index (χ3v) is 6.78. The summed E-state index contributed by atoms with van der Waals surface area (Å²) in [6, 6.07) is 4.39. The van der Waals surface area contributed by atoms with E-state index in [0.717, 1.165) is 49.2 Å². The highest BCUT2D eigenvalue weighted by atomic mass is 32.2. The molecule has 1 heterocycles. The predicted octanol–water partition coefficient (Wildman–Crippen LogP) is 3.52. The number of rotatable bonds is 7. The molecule has 1 amide bonds. The van der Waals surface area contributed by atoms with Crippen LogP contribution >= 0.6 is 0 Å². The second-order valence-corrected chi connectivity index (χ2v) is 9.82. The number of nitrogens with one attached hydrogen (secondary N) is 2. The van der Waals surface area contributed by atoms with Gasteiger partial charge in [0.2, 0.25) is 11.9 Å². The van der Waals surface area contributed by atoms with Crippen molar-refractivity contribution < 1.29 is 22.2 Å². The van der Waals surface area contributed by atoms with Crippen molar-refractivity contribution >= 4 is 28.5 Å². The van der Waals surface area contributed by atoms with E-state index in [1.807, 2.05) is 25.9 Å². The van der Waals surface area contributed by atoms with Crippen LogP contribution in [0.1, 0.15) is 36.8 Å². The topological polar surface area (TPSA) is 87.2 Å². The van der Waals surface area contributed by atoms with Gasteiger partial charge in [-0.3, -0.25) is 9.00 Å². The van der Waals surface area contributed by atoms with E-state index >= 15 is 0 Å². The highest BCUT2D eigenvalue weighted by molar-refractivity contribution is 7.85. The molecule has 1 aliphatic carbocycles. The number of nitrogens with zero attached hydrogens (tertiary/aromatic N) is 3. The molecule has 1 aromatic heterocycles. The molecule has 0 radical (unpaired) electrons. The summed E-state index contributed by atoms with van der Waals surface area (Å²) in [6.07, 6.45) is 0.318. The predicted molar refractivity (Wildman–Crippen MR) is 122 cm³/mol. The van der Waals surface area contributed by atoms with E-state index in [9.17, 15) is 22.2 Å². The zero-order chi connectivity index (χ0) is 24.2. The van der Waals surface area contributed by atoms with E-state index in [2.05, 4.69) is 20.6 Å². The molecule has 3 rings (SSSR count). The van der Waals surface area contributed by atoms with Gasteiger partial charge in [-0.05, 0) is 50.8 Å². The Labute approximate surface area is 193 Å². The summed E-state index contributed by atoms with van der Waals surface area (Å²) in [5, 5.41) is 6.21. The largest absolute Gasteiger partial charge is 0.416 e. The zero-order valence-corrected chi connectivity index (χ0v) is 19.6. The molecule has 1 saturated carbocycles. The number of benzene rings is 1. The molecule has 1 fully saturated rings. The Morgan fingerprint density at radius 3 is 2.48 bits per heavy atom. The Balaban J connectivity index is 1.48. The first-order chi connectivity index (χ1) is 15.5. The van der Waals surface area contributed by atoms with Crippen molar-refractivity contribution in [2.75, 3.05) is 30.1 Å². The van der Waals surface area contributed by atoms with E-state index in [0.29, 0.717) is 5.95 Å². The molecule has 7 nitrogen and oxygen atoms in total. The van der Waals surface area contributed by atoms with Crippen LogP contribution in [0.4, 0.5) is 24.9 Å². The first-order valence-electron chi connectivity index (χ1n) is 10.7. The second-order valence-electron chi connectivity index (χ2n) is 8.37.